The van der Waals surface area contributed by atoms with Crippen LogP contribution in [0.3, 0.4) is 0 Å². The molecule has 2 heterocycles. The molecule has 1 amide bonds. The van der Waals surface area contributed by atoms with Crippen molar-refractivity contribution in [3.8, 4) is 0 Å². The van der Waals surface area contributed by atoms with E-state index in [0.29, 0.717) is 17.1 Å². The van der Waals surface area contributed by atoms with Crippen LogP contribution in [0.25, 0.3) is 0 Å². The van der Waals surface area contributed by atoms with E-state index in [1.54, 1.807) is 16.7 Å². The van der Waals surface area contributed by atoms with Gasteiger partial charge in [0.1, 0.15) is 0 Å². The molecule has 6 heteroatoms. The summed E-state index contributed by atoms with van der Waals surface area (Å²) >= 11 is 0. The highest BCUT2D eigenvalue weighted by molar-refractivity contribution is 6.08. The molecule has 0 saturated heterocycles. The second-order valence-corrected chi connectivity index (χ2v) is 8.65. The van der Waals surface area contributed by atoms with E-state index in [1.807, 2.05) is 55.2 Å². The van der Waals surface area contributed by atoms with Crippen LogP contribution in [0, 0.1) is 12.3 Å². The van der Waals surface area contributed by atoms with Crippen molar-refractivity contribution >= 4 is 17.5 Å². The van der Waals surface area contributed by atoms with Crippen LogP contribution in [0.4, 0.5) is 5.82 Å². The molecule has 0 aliphatic carbocycles. The van der Waals surface area contributed by atoms with E-state index < -0.39 is 0 Å². The summed E-state index contributed by atoms with van der Waals surface area (Å²) in [4.78, 5) is 25.2. The predicted octanol–water partition coefficient (Wildman–Crippen LogP) is 3.99. The molecule has 0 fully saturated rings. The summed E-state index contributed by atoms with van der Waals surface area (Å²) < 4.78 is 3.61. The Labute approximate surface area is 171 Å². The Morgan fingerprint density at radius 3 is 2.38 bits per heavy atom. The highest BCUT2D eigenvalue weighted by atomic mass is 16.1. The summed E-state index contributed by atoms with van der Waals surface area (Å²) in [5.41, 5.74) is 3.18. The molecule has 0 spiro atoms. The van der Waals surface area contributed by atoms with Crippen LogP contribution in [-0.2, 0) is 24.8 Å². The number of ketones is 1. The highest BCUT2D eigenvalue weighted by Gasteiger charge is 2.17. The Balaban J connectivity index is 1.66. The zero-order chi connectivity index (χ0) is 21.2. The van der Waals surface area contributed by atoms with Crippen molar-refractivity contribution in [2.75, 3.05) is 5.32 Å². The molecule has 0 aliphatic heterocycles. The molecule has 1 aromatic carbocycles. The van der Waals surface area contributed by atoms with Gasteiger partial charge in [-0.25, -0.2) is 0 Å². The summed E-state index contributed by atoms with van der Waals surface area (Å²) in [7, 11) is 1.81. The Morgan fingerprint density at radius 1 is 1.03 bits per heavy atom. The lowest BCUT2D eigenvalue weighted by atomic mass is 9.97. The van der Waals surface area contributed by atoms with Gasteiger partial charge in [0.2, 0.25) is 11.7 Å². The van der Waals surface area contributed by atoms with Gasteiger partial charge in [0.05, 0.1) is 12.1 Å². The second kappa shape index (κ2) is 8.07. The number of carbonyl (C=O) groups excluding carboxylic acids is 2. The maximum atomic E-state index is 12.8. The molecule has 6 nitrogen and oxygen atoms in total. The van der Waals surface area contributed by atoms with Crippen molar-refractivity contribution in [3.63, 3.8) is 0 Å². The van der Waals surface area contributed by atoms with E-state index >= 15 is 0 Å². The van der Waals surface area contributed by atoms with Gasteiger partial charge in [0, 0.05) is 37.1 Å². The lowest BCUT2D eigenvalue weighted by molar-refractivity contribution is -0.115. The Bertz CT molecular complexity index is 1020. The lowest BCUT2D eigenvalue weighted by Crippen LogP contribution is -2.19. The monoisotopic (exact) mass is 392 g/mol. The number of benzene rings is 1. The van der Waals surface area contributed by atoms with Crippen LogP contribution in [0.15, 0.2) is 48.7 Å². The fourth-order valence-corrected chi connectivity index (χ4v) is 3.17. The molecule has 0 bridgehead atoms. The van der Waals surface area contributed by atoms with Gasteiger partial charge in [-0.3, -0.25) is 14.3 Å². The molecular formula is C23H28N4O2. The third-order valence-corrected chi connectivity index (χ3v) is 4.66. The van der Waals surface area contributed by atoms with Crippen molar-refractivity contribution < 1.29 is 9.59 Å². The molecule has 152 valence electrons. The number of hydrogen-bond acceptors (Lipinski definition) is 3. The Morgan fingerprint density at radius 2 is 1.72 bits per heavy atom. The minimum Gasteiger partial charge on any atom is -0.344 e. The van der Waals surface area contributed by atoms with Gasteiger partial charge in [-0.2, -0.15) is 5.10 Å². The number of rotatable bonds is 6. The number of carbonyl (C=O) groups is 2. The third-order valence-electron chi connectivity index (χ3n) is 4.66. The van der Waals surface area contributed by atoms with Gasteiger partial charge in [0.15, 0.2) is 5.82 Å². The number of nitrogens with one attached hydrogen (secondary N) is 1. The first-order valence-corrected chi connectivity index (χ1v) is 9.72. The number of nitrogens with zero attached hydrogens (tertiary/aromatic N) is 3. The first-order chi connectivity index (χ1) is 13.6. The summed E-state index contributed by atoms with van der Waals surface area (Å²) in [5, 5.41) is 7.23. The van der Waals surface area contributed by atoms with Gasteiger partial charge < -0.3 is 9.88 Å². The van der Waals surface area contributed by atoms with Crippen molar-refractivity contribution in [1.29, 1.82) is 0 Å². The molecule has 0 aliphatic rings. The summed E-state index contributed by atoms with van der Waals surface area (Å²) in [6.45, 7) is 9.16. The van der Waals surface area contributed by atoms with Crippen molar-refractivity contribution in [3.05, 3.63) is 71.2 Å². The number of aryl methyl sites for hydroxylation is 1. The number of aromatic nitrogens is 3. The average molecular weight is 393 g/mol. The van der Waals surface area contributed by atoms with Crippen LogP contribution >= 0.6 is 0 Å². The number of hydrogen-bond donors (Lipinski definition) is 1. The van der Waals surface area contributed by atoms with Gasteiger partial charge in [0.25, 0.3) is 0 Å². The molecular weight excluding hydrogens is 364 g/mol. The maximum Gasteiger partial charge on any atom is 0.231 e. The zero-order valence-electron chi connectivity index (χ0n) is 17.7. The van der Waals surface area contributed by atoms with Gasteiger partial charge >= 0.3 is 0 Å². The lowest BCUT2D eigenvalue weighted by Gasteiger charge is -2.17. The standard InChI is InChI=1S/C23H28N4O2/c1-16-6-8-17(9-7-16)22(29)19-11-10-18(26(19)5)14-21(28)24-20-12-13-27(25-20)15-23(2,3)4/h6-13H,14-15H2,1-5H3,(H,24,25,28). The van der Waals surface area contributed by atoms with E-state index in [2.05, 4.69) is 31.2 Å². The SMILES string of the molecule is Cc1ccc(C(=O)c2ccc(CC(=O)Nc3ccn(CC(C)(C)C)n3)n2C)cc1. The highest BCUT2D eigenvalue weighted by Crippen LogP contribution is 2.17. The topological polar surface area (TPSA) is 68.9 Å². The summed E-state index contributed by atoms with van der Waals surface area (Å²) in [6, 6.07) is 12.9. The number of anilines is 1. The summed E-state index contributed by atoms with van der Waals surface area (Å²) in [6.07, 6.45) is 2.03. The fraction of sp³-hybridized carbons (Fsp3) is 0.348. The molecule has 0 unspecified atom stereocenters. The Kier molecular flexibility index (Phi) is 5.73. The van der Waals surface area contributed by atoms with Crippen molar-refractivity contribution in [2.24, 2.45) is 12.5 Å². The molecule has 2 aromatic heterocycles. The second-order valence-electron chi connectivity index (χ2n) is 8.65. The predicted molar refractivity (Wildman–Crippen MR) is 114 cm³/mol. The van der Waals surface area contributed by atoms with Crippen molar-refractivity contribution in [2.45, 2.75) is 40.7 Å². The Hall–Kier alpha value is -3.15. The first kappa shape index (κ1) is 20.6. The van der Waals surface area contributed by atoms with Crippen LogP contribution in [0.1, 0.15) is 48.1 Å². The summed E-state index contributed by atoms with van der Waals surface area (Å²) in [5.74, 6) is 0.311. The molecule has 29 heavy (non-hydrogen) atoms. The van der Waals surface area contributed by atoms with E-state index in [4.69, 9.17) is 0 Å². The average Bonchev–Trinajstić information content (AvgIpc) is 3.20. The minimum absolute atomic E-state index is 0.0555. The number of amides is 1. The van der Waals surface area contributed by atoms with Crippen LogP contribution in [0.5, 0.6) is 0 Å². The van der Waals surface area contributed by atoms with Gasteiger partial charge in [-0.15, -0.1) is 0 Å². The molecule has 0 atom stereocenters. The maximum absolute atomic E-state index is 12.8. The molecule has 1 N–H and O–H groups in total. The van der Waals surface area contributed by atoms with E-state index in [0.717, 1.165) is 17.8 Å². The molecule has 3 rings (SSSR count). The van der Waals surface area contributed by atoms with Crippen LogP contribution < -0.4 is 5.32 Å². The molecule has 3 aromatic rings. The van der Waals surface area contributed by atoms with E-state index in [9.17, 15) is 9.59 Å². The van der Waals surface area contributed by atoms with E-state index in [-0.39, 0.29) is 23.5 Å². The normalized spacial score (nSPS) is 11.5. The molecule has 0 saturated carbocycles. The first-order valence-electron chi connectivity index (χ1n) is 9.72. The van der Waals surface area contributed by atoms with Crippen LogP contribution in [-0.4, -0.2) is 26.0 Å². The quantitative estimate of drug-likeness (QED) is 0.645. The van der Waals surface area contributed by atoms with Crippen LogP contribution in [0.2, 0.25) is 0 Å². The van der Waals surface area contributed by atoms with Crippen molar-refractivity contribution in [1.82, 2.24) is 14.3 Å². The van der Waals surface area contributed by atoms with Gasteiger partial charge in [-0.1, -0.05) is 50.6 Å². The van der Waals surface area contributed by atoms with Gasteiger partial charge in [-0.05, 0) is 24.5 Å². The zero-order valence-corrected chi connectivity index (χ0v) is 17.7. The van der Waals surface area contributed by atoms with E-state index in [1.165, 1.54) is 0 Å². The largest absolute Gasteiger partial charge is 0.344 e. The smallest absolute Gasteiger partial charge is 0.231 e. The fourth-order valence-electron chi connectivity index (χ4n) is 3.17. The third kappa shape index (κ3) is 5.22. The minimum atomic E-state index is -0.165. The molecule has 0 radical (unpaired) electrons.